The molecule has 4 saturated carbocycles. The van der Waals surface area contributed by atoms with E-state index in [-0.39, 0.29) is 11.3 Å². The van der Waals surface area contributed by atoms with Crippen LogP contribution in [0.15, 0.2) is 43.0 Å². The van der Waals surface area contributed by atoms with Gasteiger partial charge >= 0.3 is 5.97 Å². The zero-order chi connectivity index (χ0) is 41.5. The van der Waals surface area contributed by atoms with Crippen LogP contribution in [0.2, 0.25) is 0 Å². The number of terminal acetylenes is 3. The van der Waals surface area contributed by atoms with Crippen LogP contribution in [0.5, 0.6) is 0 Å². The lowest BCUT2D eigenvalue weighted by Crippen LogP contribution is -2.64. The Kier molecular flexibility index (Phi) is 18.1. The van der Waals surface area contributed by atoms with Gasteiger partial charge in [-0.2, -0.15) is 0 Å². The molecule has 0 spiro atoms. The van der Waals surface area contributed by atoms with E-state index in [4.69, 9.17) is 0 Å². The van der Waals surface area contributed by atoms with Crippen LogP contribution >= 0.6 is 0 Å². The predicted molar refractivity (Wildman–Crippen MR) is 226 cm³/mol. The van der Waals surface area contributed by atoms with Crippen molar-refractivity contribution in [3.63, 3.8) is 0 Å². The average molecular weight is 739 g/mol. The number of carbonyl (C=O) groups is 3. The molecule has 3 N–H and O–H groups in total. The monoisotopic (exact) mass is 739 g/mol. The van der Waals surface area contributed by atoms with Crippen LogP contribution in [0.1, 0.15) is 136 Å². The minimum Gasteiger partial charge on any atom is -0.478 e. The largest absolute Gasteiger partial charge is 0.478 e. The highest BCUT2D eigenvalue weighted by atomic mass is 16.4. The maximum absolute atomic E-state index is 11.4. The molecule has 2 amide bonds. The van der Waals surface area contributed by atoms with E-state index >= 15 is 0 Å². The van der Waals surface area contributed by atoms with Gasteiger partial charge in [-0.15, -0.1) is 45.1 Å². The Balaban J connectivity index is 0.000000689. The fraction of sp³-hybridized carbons (Fsp3) is 0.604. The molecule has 3 unspecified atom stereocenters. The minimum atomic E-state index is -0.845. The predicted octanol–water partition coefficient (Wildman–Crippen LogP) is 10.1. The average Bonchev–Trinajstić information content (AvgIpc) is 3.55. The molecule has 0 aromatic heterocycles. The van der Waals surface area contributed by atoms with Gasteiger partial charge in [0.1, 0.15) is 0 Å². The molecule has 1 aromatic carbocycles. The molecule has 8 atom stereocenters. The maximum atomic E-state index is 11.4. The van der Waals surface area contributed by atoms with E-state index in [1.54, 1.807) is 18.2 Å². The van der Waals surface area contributed by atoms with Crippen molar-refractivity contribution in [2.75, 3.05) is 13.1 Å². The number of benzene rings is 1. The molecule has 0 aliphatic heterocycles. The second-order valence-corrected chi connectivity index (χ2v) is 17.2. The minimum absolute atomic E-state index is 0.0808. The van der Waals surface area contributed by atoms with Gasteiger partial charge in [0.2, 0.25) is 12.3 Å². The van der Waals surface area contributed by atoms with Crippen LogP contribution in [-0.2, 0) is 9.59 Å². The highest BCUT2D eigenvalue weighted by Crippen LogP contribution is 2.77. The van der Waals surface area contributed by atoms with E-state index in [1.165, 1.54) is 82.3 Å². The lowest BCUT2D eigenvalue weighted by molar-refractivity contribution is -0.221. The number of nitrogens with one attached hydrogen (secondary N) is 2. The van der Waals surface area contributed by atoms with Crippen LogP contribution in [0, 0.1) is 89.3 Å². The highest BCUT2D eigenvalue weighted by Gasteiger charge is 2.68. The molecule has 0 bridgehead atoms. The number of hydrogen-bond donors (Lipinski definition) is 3. The van der Waals surface area contributed by atoms with Crippen molar-refractivity contribution in [2.24, 2.45) is 50.7 Å². The Hall–Kier alpha value is -4.21. The Bertz CT molecular complexity index is 1490. The second kappa shape index (κ2) is 20.5. The number of hydrogen-bond acceptors (Lipinski definition) is 3. The van der Waals surface area contributed by atoms with Crippen LogP contribution in [0.3, 0.4) is 0 Å². The van der Waals surface area contributed by atoms with E-state index in [2.05, 4.69) is 103 Å². The van der Waals surface area contributed by atoms with E-state index in [0.717, 1.165) is 17.8 Å². The molecule has 296 valence electrons. The van der Waals surface area contributed by atoms with Crippen molar-refractivity contribution >= 4 is 23.9 Å². The topological polar surface area (TPSA) is 95.5 Å². The summed E-state index contributed by atoms with van der Waals surface area (Å²) < 4.78 is 0. The Morgan fingerprint density at radius 3 is 1.94 bits per heavy atom. The molecule has 0 radical (unpaired) electrons. The molecule has 5 aliphatic rings. The van der Waals surface area contributed by atoms with E-state index in [9.17, 15) is 19.5 Å². The molecule has 6 heteroatoms. The highest BCUT2D eigenvalue weighted by molar-refractivity contribution is 5.88. The first-order chi connectivity index (χ1) is 25.6. The van der Waals surface area contributed by atoms with Gasteiger partial charge in [0.15, 0.2) is 0 Å². The van der Waals surface area contributed by atoms with Gasteiger partial charge in [0.05, 0.1) is 5.56 Å². The van der Waals surface area contributed by atoms with Gasteiger partial charge in [-0.05, 0) is 139 Å². The lowest BCUT2D eigenvalue weighted by Gasteiger charge is -2.72. The van der Waals surface area contributed by atoms with Gasteiger partial charge < -0.3 is 15.7 Å². The summed E-state index contributed by atoms with van der Waals surface area (Å²) in [5.41, 5.74) is 5.00. The summed E-state index contributed by atoms with van der Waals surface area (Å²) >= 11 is 0. The van der Waals surface area contributed by atoms with Gasteiger partial charge in [-0.1, -0.05) is 72.2 Å². The van der Waals surface area contributed by atoms with Gasteiger partial charge in [-0.25, -0.2) is 4.79 Å². The van der Waals surface area contributed by atoms with Crippen LogP contribution in [-0.4, -0.2) is 36.5 Å². The first-order valence-electron chi connectivity index (χ1n) is 19.6. The van der Waals surface area contributed by atoms with Crippen molar-refractivity contribution in [1.29, 1.82) is 0 Å². The summed E-state index contributed by atoms with van der Waals surface area (Å²) in [5.74, 6) is 2.42. The Labute approximate surface area is 329 Å². The summed E-state index contributed by atoms with van der Waals surface area (Å²) in [6.07, 6.45) is 43.0. The van der Waals surface area contributed by atoms with Crippen molar-refractivity contribution in [1.82, 2.24) is 10.6 Å². The van der Waals surface area contributed by atoms with Crippen LogP contribution in [0.25, 0.3) is 5.57 Å². The summed E-state index contributed by atoms with van der Waals surface area (Å²) in [6, 6.07) is 7.64. The van der Waals surface area contributed by atoms with E-state index in [1.807, 2.05) is 19.1 Å². The third-order valence-corrected chi connectivity index (χ3v) is 14.5. The molecule has 1 aromatic rings. The molecule has 54 heavy (non-hydrogen) atoms. The van der Waals surface area contributed by atoms with Gasteiger partial charge in [-0.3, -0.25) is 9.59 Å². The number of amides is 2. The normalized spacial score (nSPS) is 33.1. The zero-order valence-electron chi connectivity index (χ0n) is 34.7. The van der Waals surface area contributed by atoms with E-state index < -0.39 is 5.97 Å². The van der Waals surface area contributed by atoms with Crippen molar-refractivity contribution in [2.45, 2.75) is 120 Å². The number of fused-ring (bicyclic) bond motifs is 7. The smallest absolute Gasteiger partial charge is 0.335 e. The molecule has 0 heterocycles. The molecule has 5 aliphatic carbocycles. The molecule has 6 rings (SSSR count). The first kappa shape index (κ1) is 47.8. The Morgan fingerprint density at radius 1 is 0.815 bits per heavy atom. The standard InChI is InChI=1S/C34H48O2.C5H10N2O2.C3H6.3C2H2/c1-30(2)24(22-9-11-23(12-10-22)29(35)36)15-18-32(4)27(30)16-19-34(6)28(32)14-13-26-25-8-7-17-31(25,3)20-21-33(26,34)5;1-5(9)7-3-2-6-4-8;1-3-2;3*1-2/h9-12,15,25-28H,7-8,13-14,16-21H2,1-6H3,(H,35,36);4H,2-3H2,1H3,(H,6,8)(H,7,9);3H,1H2,2H3;3*1-2H/t25?,26-,27?,28?,31-,32+,33-,34-;;;;;/m1...../s1. The zero-order valence-corrected chi connectivity index (χ0v) is 34.7. The SMILES string of the molecule is C#C.C#C.C#C.C=CC.CC(=O)NCCNC=O.CC1(C)C(c2ccc(C(=O)O)cc2)=CC[C@@]2(C)C1CC[C@]1(C)C2CC[C@@H]2C3CCC[C@]3(C)CC[C@]21C. The molecule has 6 nitrogen and oxygen atoms in total. The van der Waals surface area contributed by atoms with Crippen LogP contribution < -0.4 is 10.6 Å². The summed E-state index contributed by atoms with van der Waals surface area (Å²) in [4.78, 5) is 31.2. The van der Waals surface area contributed by atoms with Crippen molar-refractivity contribution in [3.8, 4) is 38.5 Å². The van der Waals surface area contributed by atoms with Crippen LogP contribution in [0.4, 0.5) is 0 Å². The van der Waals surface area contributed by atoms with Gasteiger partial charge in [0.25, 0.3) is 0 Å². The summed E-state index contributed by atoms with van der Waals surface area (Å²) in [5, 5.41) is 14.3. The molecular formula is C48H70N2O4. The first-order valence-corrected chi connectivity index (χ1v) is 19.6. The number of carboxylic acids is 1. The third kappa shape index (κ3) is 9.35. The third-order valence-electron chi connectivity index (χ3n) is 14.5. The fourth-order valence-corrected chi connectivity index (χ4v) is 12.2. The second-order valence-electron chi connectivity index (χ2n) is 17.2. The quantitative estimate of drug-likeness (QED) is 0.117. The van der Waals surface area contributed by atoms with Crippen molar-refractivity contribution in [3.05, 3.63) is 54.1 Å². The number of aromatic carboxylic acids is 1. The van der Waals surface area contributed by atoms with Gasteiger partial charge in [0, 0.05) is 20.0 Å². The number of rotatable bonds is 6. The number of allylic oxidation sites excluding steroid dienone is 3. The Morgan fingerprint density at radius 2 is 1.41 bits per heavy atom. The lowest BCUT2D eigenvalue weighted by atomic mass is 9.33. The fourth-order valence-electron chi connectivity index (χ4n) is 12.2. The number of carbonyl (C=O) groups excluding carboxylic acids is 2. The molecular weight excluding hydrogens is 669 g/mol. The summed E-state index contributed by atoms with van der Waals surface area (Å²) in [6.45, 7) is 23.4. The van der Waals surface area contributed by atoms with E-state index in [0.29, 0.717) is 52.6 Å². The number of carboxylic acid groups (broad SMARTS) is 1. The molecule has 0 saturated heterocycles. The molecule has 4 fully saturated rings. The van der Waals surface area contributed by atoms with Crippen molar-refractivity contribution < 1.29 is 19.5 Å². The maximum Gasteiger partial charge on any atom is 0.335 e. The summed E-state index contributed by atoms with van der Waals surface area (Å²) in [7, 11) is 0.